The fourth-order valence-electron chi connectivity index (χ4n) is 0. The molecule has 0 fully saturated rings. The summed E-state index contributed by atoms with van der Waals surface area (Å²) < 4.78 is 6.69. The van der Waals surface area contributed by atoms with E-state index in [1.165, 1.54) is 0 Å². The number of hydrogen-bond donors (Lipinski definition) is 1. The van der Waals surface area contributed by atoms with Gasteiger partial charge in [0.05, 0.1) is 0 Å². The average Bonchev–Trinajstić information content (AvgIpc) is 1.00. The van der Waals surface area contributed by atoms with Crippen molar-refractivity contribution in [1.29, 1.82) is 0 Å². The Bertz CT molecular complexity index is 13.5. The van der Waals surface area contributed by atoms with Crippen LogP contribution < -0.4 is 0 Å². The minimum absolute atomic E-state index is 0. The van der Waals surface area contributed by atoms with Gasteiger partial charge in [-0.15, -0.1) is 0 Å². The monoisotopic (exact) mass is 215 g/mol. The summed E-state index contributed by atoms with van der Waals surface area (Å²) in [6, 6.07) is 0. The van der Waals surface area contributed by atoms with E-state index in [1.54, 1.807) is 0 Å². The summed E-state index contributed by atoms with van der Waals surface area (Å²) in [4.78, 5) is 0. The summed E-state index contributed by atoms with van der Waals surface area (Å²) in [7, 11) is 0. The fourth-order valence-corrected chi connectivity index (χ4v) is 0. The summed E-state index contributed by atoms with van der Waals surface area (Å²) in [5, 5.41) is 0. The first-order chi connectivity index (χ1) is 1.00. The molecule has 0 saturated carbocycles. The molecule has 2 nitrogen and oxygen atoms in total. The Hall–Kier alpha value is 2.04. The molecule has 0 atom stereocenters. The molecule has 6 heteroatoms. The van der Waals surface area contributed by atoms with Crippen LogP contribution in [0.3, 0.4) is 0 Å². The summed E-state index contributed by atoms with van der Waals surface area (Å²) in [6.45, 7) is 0. The second-order valence-electron chi connectivity index (χ2n) is 0. The Morgan fingerprint density at radius 2 is 1.17 bits per heavy atom. The third kappa shape index (κ3) is 36.9. The van der Waals surface area contributed by atoms with Crippen LogP contribution in [0.15, 0.2) is 0 Å². The fraction of sp³-hybridized carbons (Fsp3) is 0. The van der Waals surface area contributed by atoms with Gasteiger partial charge in [-0.3, -0.25) is 0 Å². The van der Waals surface area contributed by atoms with Gasteiger partial charge in [0.25, 0.3) is 0 Å². The van der Waals surface area contributed by atoms with Crippen molar-refractivity contribution in [2.24, 2.45) is 0 Å². The third-order valence-corrected chi connectivity index (χ3v) is 0. The predicted octanol–water partition coefficient (Wildman–Crippen LogP) is -2.04. The van der Waals surface area contributed by atoms with Crippen LogP contribution >= 0.6 is 0 Å². The minimum atomic E-state index is 0. The van der Waals surface area contributed by atoms with E-state index in [9.17, 15) is 0 Å². The number of rotatable bonds is 0. The molecule has 0 aromatic carbocycles. The van der Waals surface area contributed by atoms with Gasteiger partial charge in [-0.1, -0.05) is 0 Å². The standard InChI is InChI=1S/Co.Li.Mn.Ni.2H2O.H/h;;;;2*1H2;/q+1;;;;;;/p-1. The molecule has 0 heterocycles. The van der Waals surface area contributed by atoms with E-state index in [2.05, 4.69) is 16.1 Å². The van der Waals surface area contributed by atoms with Gasteiger partial charge in [-0.2, -0.15) is 0 Å². The van der Waals surface area contributed by atoms with Crippen molar-refractivity contribution < 1.29 is 59.3 Å². The van der Waals surface area contributed by atoms with Gasteiger partial charge >= 0.3 is 39.1 Å². The molecular formula is H4CoLiMnNiO2. The van der Waals surface area contributed by atoms with Crippen molar-refractivity contribution in [3.8, 4) is 0 Å². The maximum absolute atomic E-state index is 6.69. The molecule has 0 unspecified atom stereocenters. The van der Waals surface area contributed by atoms with Gasteiger partial charge in [0, 0.05) is 33.6 Å². The zero-order chi connectivity index (χ0) is 2.00. The quantitative estimate of drug-likeness (QED) is 0.465. The van der Waals surface area contributed by atoms with Crippen molar-refractivity contribution in [2.75, 3.05) is 0 Å². The average molecular weight is 216 g/mol. The topological polar surface area (TPSA) is 51.7 Å². The van der Waals surface area contributed by atoms with Crippen LogP contribution in [0.1, 0.15) is 0 Å². The van der Waals surface area contributed by atoms with Crippen molar-refractivity contribution in [2.45, 2.75) is 0 Å². The SMILES string of the molecule is O.[LiH].[Mn].[Ni].[OH][Co]. The number of hydrogen-bond acceptors (Lipinski definition) is 1. The van der Waals surface area contributed by atoms with Crippen LogP contribution in [-0.2, 0) is 49.6 Å². The first-order valence-electron chi connectivity index (χ1n) is 0.149. The van der Waals surface area contributed by atoms with Crippen molar-refractivity contribution in [3.05, 3.63) is 0 Å². The van der Waals surface area contributed by atoms with Crippen LogP contribution in [-0.4, -0.2) is 28.6 Å². The first kappa shape index (κ1) is 43.2. The molecule has 43 valence electrons. The van der Waals surface area contributed by atoms with Crippen molar-refractivity contribution in [3.63, 3.8) is 0 Å². The van der Waals surface area contributed by atoms with Gasteiger partial charge in [0.2, 0.25) is 0 Å². The molecule has 0 aliphatic heterocycles. The van der Waals surface area contributed by atoms with E-state index in [0.29, 0.717) is 0 Å². The van der Waals surface area contributed by atoms with Gasteiger partial charge in [0.1, 0.15) is 0 Å². The Morgan fingerprint density at radius 1 is 1.17 bits per heavy atom. The molecule has 1 radical (unpaired) electrons. The molecule has 0 amide bonds. The summed E-state index contributed by atoms with van der Waals surface area (Å²) in [6.07, 6.45) is 0. The Labute approximate surface area is 77.6 Å². The predicted molar refractivity (Wildman–Crippen MR) is 13.0 cm³/mol. The molecule has 0 aliphatic carbocycles. The van der Waals surface area contributed by atoms with E-state index in [-0.39, 0.29) is 57.9 Å². The van der Waals surface area contributed by atoms with Crippen LogP contribution in [0.4, 0.5) is 0 Å². The van der Waals surface area contributed by atoms with Crippen molar-refractivity contribution in [1.82, 2.24) is 0 Å². The molecular weight excluding hydrogens is 212 g/mol. The van der Waals surface area contributed by atoms with Gasteiger partial charge in [-0.05, 0) is 0 Å². The molecule has 0 aromatic heterocycles. The Morgan fingerprint density at radius 3 is 1.17 bits per heavy atom. The zero-order valence-corrected chi connectivity index (χ0v) is 5.18. The summed E-state index contributed by atoms with van der Waals surface area (Å²) >= 11 is 2.56. The molecule has 0 rings (SSSR count). The Kier molecular flexibility index (Phi) is 445. The molecule has 0 saturated heterocycles. The van der Waals surface area contributed by atoms with Crippen molar-refractivity contribution >= 4 is 18.9 Å². The van der Waals surface area contributed by atoms with E-state index in [0.717, 1.165) is 0 Å². The summed E-state index contributed by atoms with van der Waals surface area (Å²) in [5.74, 6) is 0. The molecule has 0 aromatic rings. The summed E-state index contributed by atoms with van der Waals surface area (Å²) in [5.41, 5.74) is 0. The molecule has 0 bridgehead atoms. The van der Waals surface area contributed by atoms with Gasteiger partial charge < -0.3 is 5.48 Å². The first-order valence-corrected chi connectivity index (χ1v) is 0.615. The zero-order valence-electron chi connectivity index (χ0n) is 1.97. The van der Waals surface area contributed by atoms with Crippen LogP contribution in [0.25, 0.3) is 0 Å². The molecule has 3 N–H and O–H groups in total. The Balaban J connectivity index is -0.000000000833. The van der Waals surface area contributed by atoms with E-state index < -0.39 is 0 Å². The van der Waals surface area contributed by atoms with E-state index in [4.69, 9.17) is 4.22 Å². The van der Waals surface area contributed by atoms with E-state index >= 15 is 0 Å². The van der Waals surface area contributed by atoms with Crippen LogP contribution in [0.2, 0.25) is 0 Å². The van der Waals surface area contributed by atoms with Gasteiger partial charge in [0.15, 0.2) is 0 Å². The second kappa shape index (κ2) is 61.8. The van der Waals surface area contributed by atoms with Gasteiger partial charge in [-0.25, -0.2) is 0 Å². The third-order valence-electron chi connectivity index (χ3n) is 0. The second-order valence-corrected chi connectivity index (χ2v) is 0. The normalized spacial score (nSPS) is 1.17. The van der Waals surface area contributed by atoms with Crippen LogP contribution in [0, 0.1) is 0 Å². The molecule has 0 spiro atoms. The van der Waals surface area contributed by atoms with E-state index in [1.807, 2.05) is 0 Å². The molecule has 0 aliphatic rings. The maximum atomic E-state index is 6.69. The molecule has 6 heavy (non-hydrogen) atoms. The van der Waals surface area contributed by atoms with Crippen LogP contribution in [0.5, 0.6) is 0 Å².